The molecule has 3 aromatic rings. The first-order valence-corrected chi connectivity index (χ1v) is 10.9. The highest BCUT2D eigenvalue weighted by Gasteiger charge is 2.16. The Kier molecular flexibility index (Phi) is 6.74. The fraction of sp³-hybridized carbons (Fsp3) is 0.0870. The number of phenolic OH excluding ortho intramolecular Hbond substituents is 2. The van der Waals surface area contributed by atoms with Crippen LogP contribution in [-0.2, 0) is 26.0 Å². The van der Waals surface area contributed by atoms with Crippen molar-refractivity contribution >= 4 is 27.6 Å². The zero-order chi connectivity index (χ0) is 22.4. The fourth-order valence-corrected chi connectivity index (χ4v) is 3.38. The minimum absolute atomic E-state index is 0.0877. The topological polar surface area (TPSA) is 127 Å². The summed E-state index contributed by atoms with van der Waals surface area (Å²) in [4.78, 5) is 12.7. The van der Waals surface area contributed by atoms with Crippen LogP contribution in [0.3, 0.4) is 0 Å². The smallest absolute Gasteiger partial charge is 0.338 e. The SMILES string of the molecule is NS(=O)(=O)c1ccc(/C(=C\c2ccc(O)c(O)c2)C(=O)OCCc2ccccc2)cc1. The summed E-state index contributed by atoms with van der Waals surface area (Å²) >= 11 is 0. The molecule has 0 aromatic heterocycles. The van der Waals surface area contributed by atoms with Gasteiger partial charge in [-0.05, 0) is 47.0 Å². The van der Waals surface area contributed by atoms with E-state index in [-0.39, 0.29) is 28.6 Å². The second-order valence-electron chi connectivity index (χ2n) is 6.75. The monoisotopic (exact) mass is 439 g/mol. The zero-order valence-corrected chi connectivity index (χ0v) is 17.2. The van der Waals surface area contributed by atoms with Gasteiger partial charge in [0, 0.05) is 6.42 Å². The third-order valence-corrected chi connectivity index (χ3v) is 5.42. The summed E-state index contributed by atoms with van der Waals surface area (Å²) in [5, 5.41) is 24.4. The van der Waals surface area contributed by atoms with Crippen LogP contribution in [-0.4, -0.2) is 31.2 Å². The number of phenols is 2. The molecule has 0 bridgehead atoms. The predicted octanol–water partition coefficient (Wildman–Crippen LogP) is 3.07. The van der Waals surface area contributed by atoms with Crippen LogP contribution in [0.1, 0.15) is 16.7 Å². The lowest BCUT2D eigenvalue weighted by Gasteiger charge is -2.10. The number of esters is 1. The van der Waals surface area contributed by atoms with Crippen molar-refractivity contribution < 1.29 is 28.2 Å². The number of carbonyl (C=O) groups excluding carboxylic acids is 1. The average Bonchev–Trinajstić information content (AvgIpc) is 2.74. The van der Waals surface area contributed by atoms with E-state index in [1.807, 2.05) is 30.3 Å². The van der Waals surface area contributed by atoms with Crippen LogP contribution in [0.25, 0.3) is 11.6 Å². The van der Waals surface area contributed by atoms with Gasteiger partial charge in [0.15, 0.2) is 11.5 Å². The van der Waals surface area contributed by atoms with E-state index in [2.05, 4.69) is 0 Å². The molecule has 0 spiro atoms. The van der Waals surface area contributed by atoms with Crippen LogP contribution in [0.4, 0.5) is 0 Å². The van der Waals surface area contributed by atoms with Gasteiger partial charge in [-0.3, -0.25) is 0 Å². The Morgan fingerprint density at radius 1 is 0.935 bits per heavy atom. The first-order valence-electron chi connectivity index (χ1n) is 9.32. The number of ether oxygens (including phenoxy) is 1. The number of hydrogen-bond donors (Lipinski definition) is 3. The van der Waals surface area contributed by atoms with Crippen molar-refractivity contribution in [1.82, 2.24) is 0 Å². The van der Waals surface area contributed by atoms with Crippen LogP contribution >= 0.6 is 0 Å². The number of hydrogen-bond acceptors (Lipinski definition) is 6. The quantitative estimate of drug-likeness (QED) is 0.225. The molecule has 31 heavy (non-hydrogen) atoms. The van der Waals surface area contributed by atoms with Gasteiger partial charge in [-0.2, -0.15) is 0 Å². The molecule has 0 heterocycles. The Morgan fingerprint density at radius 3 is 2.23 bits per heavy atom. The van der Waals surface area contributed by atoms with Gasteiger partial charge in [0.1, 0.15) is 0 Å². The van der Waals surface area contributed by atoms with Crippen LogP contribution < -0.4 is 5.14 Å². The molecule has 0 aliphatic heterocycles. The number of rotatable bonds is 7. The van der Waals surface area contributed by atoms with E-state index in [4.69, 9.17) is 9.88 Å². The summed E-state index contributed by atoms with van der Waals surface area (Å²) in [5.74, 6) is -1.25. The van der Waals surface area contributed by atoms with Crippen LogP contribution in [0, 0.1) is 0 Å². The van der Waals surface area contributed by atoms with E-state index in [0.717, 1.165) is 5.56 Å². The van der Waals surface area contributed by atoms with E-state index >= 15 is 0 Å². The van der Waals surface area contributed by atoms with Crippen LogP contribution in [0.15, 0.2) is 77.7 Å². The van der Waals surface area contributed by atoms with E-state index in [1.165, 1.54) is 48.5 Å². The third kappa shape index (κ3) is 5.94. The van der Waals surface area contributed by atoms with Crippen molar-refractivity contribution in [2.24, 2.45) is 5.14 Å². The van der Waals surface area contributed by atoms with Gasteiger partial charge in [0.25, 0.3) is 0 Å². The molecular formula is C23H21NO6S. The Morgan fingerprint density at radius 2 is 1.61 bits per heavy atom. The predicted molar refractivity (Wildman–Crippen MR) is 117 cm³/mol. The number of primary sulfonamides is 1. The number of carbonyl (C=O) groups is 1. The molecule has 0 amide bonds. The molecule has 3 rings (SSSR count). The zero-order valence-electron chi connectivity index (χ0n) is 16.4. The van der Waals surface area contributed by atoms with Gasteiger partial charge in [-0.15, -0.1) is 0 Å². The molecule has 3 aromatic carbocycles. The molecule has 4 N–H and O–H groups in total. The van der Waals surface area contributed by atoms with Gasteiger partial charge in [0.05, 0.1) is 17.1 Å². The van der Waals surface area contributed by atoms with Crippen molar-refractivity contribution in [3.05, 3.63) is 89.5 Å². The minimum Gasteiger partial charge on any atom is -0.504 e. The largest absolute Gasteiger partial charge is 0.504 e. The molecule has 0 fully saturated rings. The number of sulfonamides is 1. The number of nitrogens with two attached hydrogens (primary N) is 1. The number of benzene rings is 3. The Labute approximate surface area is 180 Å². The third-order valence-electron chi connectivity index (χ3n) is 4.49. The van der Waals surface area contributed by atoms with Crippen LogP contribution in [0.2, 0.25) is 0 Å². The van der Waals surface area contributed by atoms with Gasteiger partial charge in [-0.1, -0.05) is 48.5 Å². The maximum Gasteiger partial charge on any atom is 0.338 e. The van der Waals surface area contributed by atoms with E-state index in [1.54, 1.807) is 0 Å². The molecule has 0 radical (unpaired) electrons. The average molecular weight is 439 g/mol. The normalized spacial score (nSPS) is 11.8. The van der Waals surface area contributed by atoms with Crippen molar-refractivity contribution in [2.45, 2.75) is 11.3 Å². The van der Waals surface area contributed by atoms with Crippen molar-refractivity contribution in [1.29, 1.82) is 0 Å². The van der Waals surface area contributed by atoms with Crippen LogP contribution in [0.5, 0.6) is 11.5 Å². The summed E-state index contributed by atoms with van der Waals surface area (Å²) in [5.41, 5.74) is 2.02. The highest BCUT2D eigenvalue weighted by Crippen LogP contribution is 2.28. The Balaban J connectivity index is 1.88. The highest BCUT2D eigenvalue weighted by molar-refractivity contribution is 7.89. The maximum absolute atomic E-state index is 12.8. The molecule has 0 aliphatic carbocycles. The lowest BCUT2D eigenvalue weighted by molar-refractivity contribution is -0.136. The lowest BCUT2D eigenvalue weighted by Crippen LogP contribution is -2.13. The van der Waals surface area contributed by atoms with Gasteiger partial charge in [-0.25, -0.2) is 18.4 Å². The van der Waals surface area contributed by atoms with Crippen molar-refractivity contribution in [3.63, 3.8) is 0 Å². The summed E-state index contributed by atoms with van der Waals surface area (Å²) < 4.78 is 28.4. The van der Waals surface area contributed by atoms with Crippen molar-refractivity contribution in [2.75, 3.05) is 6.61 Å². The first kappa shape index (κ1) is 22.1. The summed E-state index contributed by atoms with van der Waals surface area (Å²) in [6.07, 6.45) is 2.01. The van der Waals surface area contributed by atoms with Crippen molar-refractivity contribution in [3.8, 4) is 11.5 Å². The Hall–Kier alpha value is -3.62. The van der Waals surface area contributed by atoms with E-state index in [9.17, 15) is 23.4 Å². The molecule has 0 unspecified atom stereocenters. The molecular weight excluding hydrogens is 418 g/mol. The molecule has 0 saturated carbocycles. The van der Waals surface area contributed by atoms with Gasteiger partial charge >= 0.3 is 5.97 Å². The second-order valence-corrected chi connectivity index (χ2v) is 8.31. The summed E-state index contributed by atoms with van der Waals surface area (Å²) in [6, 6.07) is 19.1. The minimum atomic E-state index is -3.88. The highest BCUT2D eigenvalue weighted by atomic mass is 32.2. The van der Waals surface area contributed by atoms with E-state index in [0.29, 0.717) is 17.5 Å². The summed E-state index contributed by atoms with van der Waals surface area (Å²) in [6.45, 7) is 0.149. The fourth-order valence-electron chi connectivity index (χ4n) is 2.87. The molecule has 8 heteroatoms. The molecule has 0 aliphatic rings. The molecule has 0 saturated heterocycles. The molecule has 160 valence electrons. The molecule has 7 nitrogen and oxygen atoms in total. The maximum atomic E-state index is 12.8. The summed E-state index contributed by atoms with van der Waals surface area (Å²) in [7, 11) is -3.88. The first-order chi connectivity index (χ1) is 14.7. The molecule has 0 atom stereocenters. The standard InChI is InChI=1S/C23H21NO6S/c24-31(28,29)19-9-7-18(8-10-19)20(14-17-6-11-21(25)22(26)15-17)23(27)30-13-12-16-4-2-1-3-5-16/h1-11,14-15,25-26H,12-13H2,(H2,24,28,29)/b20-14+. The lowest BCUT2D eigenvalue weighted by atomic mass is 10.0. The number of aromatic hydroxyl groups is 2. The Bertz CT molecular complexity index is 1200. The van der Waals surface area contributed by atoms with Gasteiger partial charge < -0.3 is 14.9 Å². The second kappa shape index (κ2) is 9.46. The van der Waals surface area contributed by atoms with Gasteiger partial charge in [0.2, 0.25) is 10.0 Å². The van der Waals surface area contributed by atoms with E-state index < -0.39 is 16.0 Å².